The van der Waals surface area contributed by atoms with Crippen LogP contribution in [0.15, 0.2) is 60.8 Å². The number of anilines is 1. The molecule has 3 aromatic rings. The number of rotatable bonds is 4. The quantitative estimate of drug-likeness (QED) is 0.717. The molecule has 0 saturated carbocycles. The minimum absolute atomic E-state index is 0.185. The summed E-state index contributed by atoms with van der Waals surface area (Å²) in [7, 11) is 0. The van der Waals surface area contributed by atoms with E-state index in [2.05, 4.69) is 20.8 Å². The van der Waals surface area contributed by atoms with Crippen molar-refractivity contribution >= 4 is 11.8 Å². The summed E-state index contributed by atoms with van der Waals surface area (Å²) in [4.78, 5) is 0. The smallest absolute Gasteiger partial charge is 0.181 e. The zero-order valence-corrected chi connectivity index (χ0v) is 11.1. The van der Waals surface area contributed by atoms with E-state index >= 15 is 0 Å². The Labute approximate surface area is 121 Å². The van der Waals surface area contributed by atoms with Crippen molar-refractivity contribution in [1.29, 1.82) is 0 Å². The first kappa shape index (κ1) is 12.9. The Morgan fingerprint density at radius 1 is 1.00 bits per heavy atom. The van der Waals surface area contributed by atoms with E-state index in [9.17, 15) is 5.11 Å². The lowest BCUT2D eigenvalue weighted by atomic mass is 10.3. The molecule has 0 bridgehead atoms. The van der Waals surface area contributed by atoms with Gasteiger partial charge in [-0.3, -0.25) is 0 Å². The molecule has 1 heterocycles. The summed E-state index contributed by atoms with van der Waals surface area (Å²) in [5.41, 5.74) is 1.50. The van der Waals surface area contributed by atoms with Crippen molar-refractivity contribution in [1.82, 2.24) is 20.2 Å². The summed E-state index contributed by atoms with van der Waals surface area (Å²) in [6.07, 6.45) is 3.42. The highest BCUT2D eigenvalue weighted by molar-refractivity contribution is 5.59. The molecular weight excluding hydrogens is 266 g/mol. The van der Waals surface area contributed by atoms with Gasteiger partial charge in [-0.1, -0.05) is 30.3 Å². The molecule has 2 aromatic carbocycles. The number of aromatic hydroxyl groups is 1. The molecule has 0 spiro atoms. The first-order chi connectivity index (χ1) is 10.3. The van der Waals surface area contributed by atoms with E-state index in [0.717, 1.165) is 5.69 Å². The predicted octanol–water partition coefficient (Wildman–Crippen LogP) is 2.45. The number of aromatic nitrogens is 4. The van der Waals surface area contributed by atoms with E-state index in [1.165, 1.54) is 0 Å². The van der Waals surface area contributed by atoms with Gasteiger partial charge in [0.1, 0.15) is 5.75 Å². The topological polar surface area (TPSA) is 75.9 Å². The van der Waals surface area contributed by atoms with E-state index in [-0.39, 0.29) is 5.75 Å². The summed E-state index contributed by atoms with van der Waals surface area (Å²) >= 11 is 0. The fourth-order valence-electron chi connectivity index (χ4n) is 1.85. The SMILES string of the molecule is Oc1ccccc1N/C=C\c1nnnn1-c1ccccc1. The van der Waals surface area contributed by atoms with E-state index < -0.39 is 0 Å². The minimum atomic E-state index is 0.185. The van der Waals surface area contributed by atoms with Gasteiger partial charge in [0, 0.05) is 12.3 Å². The molecule has 6 nitrogen and oxygen atoms in total. The number of para-hydroxylation sites is 3. The average molecular weight is 279 g/mol. The lowest BCUT2D eigenvalue weighted by molar-refractivity contribution is 0.478. The van der Waals surface area contributed by atoms with Gasteiger partial charge in [-0.15, -0.1) is 5.10 Å². The van der Waals surface area contributed by atoms with Crippen LogP contribution in [-0.2, 0) is 0 Å². The standard InChI is InChI=1S/C15H13N5O/c21-14-9-5-4-8-13(14)16-11-10-15-17-18-19-20(15)12-6-2-1-3-7-12/h1-11,16,21H/b11-10-. The number of phenols is 1. The third kappa shape index (κ3) is 2.89. The van der Waals surface area contributed by atoms with E-state index in [4.69, 9.17) is 0 Å². The lowest BCUT2D eigenvalue weighted by Crippen LogP contribution is -1.99. The van der Waals surface area contributed by atoms with Crippen LogP contribution in [0, 0.1) is 0 Å². The molecule has 0 amide bonds. The molecule has 0 fully saturated rings. The van der Waals surface area contributed by atoms with Crippen molar-refractivity contribution in [3.05, 3.63) is 66.6 Å². The first-order valence-corrected chi connectivity index (χ1v) is 6.39. The van der Waals surface area contributed by atoms with Gasteiger partial charge in [-0.05, 0) is 34.7 Å². The van der Waals surface area contributed by atoms with Crippen molar-refractivity contribution in [2.45, 2.75) is 0 Å². The van der Waals surface area contributed by atoms with Gasteiger partial charge in [-0.25, -0.2) is 0 Å². The van der Waals surface area contributed by atoms with Crippen molar-refractivity contribution in [3.63, 3.8) is 0 Å². The molecule has 6 heteroatoms. The van der Waals surface area contributed by atoms with Gasteiger partial charge in [0.05, 0.1) is 11.4 Å². The lowest BCUT2D eigenvalue weighted by Gasteiger charge is -2.03. The second-order valence-electron chi connectivity index (χ2n) is 4.28. The molecule has 104 valence electrons. The first-order valence-electron chi connectivity index (χ1n) is 6.39. The summed E-state index contributed by atoms with van der Waals surface area (Å²) in [6.45, 7) is 0. The fourth-order valence-corrected chi connectivity index (χ4v) is 1.85. The Morgan fingerprint density at radius 3 is 2.57 bits per heavy atom. The van der Waals surface area contributed by atoms with Crippen LogP contribution in [0.5, 0.6) is 5.75 Å². The van der Waals surface area contributed by atoms with Gasteiger partial charge in [0.2, 0.25) is 0 Å². The Kier molecular flexibility index (Phi) is 3.60. The summed E-state index contributed by atoms with van der Waals surface area (Å²) in [5, 5.41) is 24.2. The molecule has 0 atom stereocenters. The maximum absolute atomic E-state index is 9.66. The number of nitrogens with zero attached hydrogens (tertiary/aromatic N) is 4. The summed E-state index contributed by atoms with van der Waals surface area (Å²) < 4.78 is 1.63. The molecular formula is C15H13N5O. The van der Waals surface area contributed by atoms with Crippen LogP contribution in [0.25, 0.3) is 11.8 Å². The highest BCUT2D eigenvalue weighted by Crippen LogP contribution is 2.21. The van der Waals surface area contributed by atoms with Crippen LogP contribution >= 0.6 is 0 Å². The monoisotopic (exact) mass is 279 g/mol. The van der Waals surface area contributed by atoms with Crippen LogP contribution in [-0.4, -0.2) is 25.3 Å². The zero-order chi connectivity index (χ0) is 14.5. The molecule has 0 aliphatic carbocycles. The van der Waals surface area contributed by atoms with Gasteiger partial charge >= 0.3 is 0 Å². The Morgan fingerprint density at radius 2 is 1.76 bits per heavy atom. The second-order valence-corrected chi connectivity index (χ2v) is 4.28. The van der Waals surface area contributed by atoms with Crippen LogP contribution in [0.3, 0.4) is 0 Å². The van der Waals surface area contributed by atoms with E-state index in [0.29, 0.717) is 11.5 Å². The molecule has 21 heavy (non-hydrogen) atoms. The normalized spacial score (nSPS) is 10.9. The number of hydrogen-bond donors (Lipinski definition) is 2. The molecule has 2 N–H and O–H groups in total. The largest absolute Gasteiger partial charge is 0.506 e. The number of phenolic OH excluding ortho intramolecular Hbond substituents is 1. The van der Waals surface area contributed by atoms with Gasteiger partial charge < -0.3 is 10.4 Å². The maximum Gasteiger partial charge on any atom is 0.181 e. The van der Waals surface area contributed by atoms with Crippen LogP contribution in [0.2, 0.25) is 0 Å². The van der Waals surface area contributed by atoms with Crippen LogP contribution < -0.4 is 5.32 Å². The Hall–Kier alpha value is -3.15. The van der Waals surface area contributed by atoms with E-state index in [1.807, 2.05) is 36.4 Å². The maximum atomic E-state index is 9.66. The van der Waals surface area contributed by atoms with Crippen LogP contribution in [0.1, 0.15) is 5.82 Å². The highest BCUT2D eigenvalue weighted by Gasteiger charge is 2.04. The molecule has 0 aliphatic rings. The molecule has 0 radical (unpaired) electrons. The van der Waals surface area contributed by atoms with Crippen molar-refractivity contribution in [2.75, 3.05) is 5.32 Å². The molecule has 1 aromatic heterocycles. The number of tetrazole rings is 1. The minimum Gasteiger partial charge on any atom is -0.506 e. The highest BCUT2D eigenvalue weighted by atomic mass is 16.3. The zero-order valence-electron chi connectivity index (χ0n) is 11.1. The second kappa shape index (κ2) is 5.87. The Bertz CT molecular complexity index is 752. The van der Waals surface area contributed by atoms with Gasteiger partial charge in [0.25, 0.3) is 0 Å². The predicted molar refractivity (Wildman–Crippen MR) is 79.9 cm³/mol. The van der Waals surface area contributed by atoms with Gasteiger partial charge in [-0.2, -0.15) is 4.68 Å². The summed E-state index contributed by atoms with van der Waals surface area (Å²) in [6, 6.07) is 16.6. The van der Waals surface area contributed by atoms with Crippen molar-refractivity contribution < 1.29 is 5.11 Å². The molecule has 3 rings (SSSR count). The van der Waals surface area contributed by atoms with Crippen molar-refractivity contribution in [2.24, 2.45) is 0 Å². The number of benzene rings is 2. The van der Waals surface area contributed by atoms with E-state index in [1.54, 1.807) is 35.2 Å². The molecule has 0 aliphatic heterocycles. The molecule has 0 saturated heterocycles. The summed E-state index contributed by atoms with van der Waals surface area (Å²) in [5.74, 6) is 0.772. The average Bonchev–Trinajstić information content (AvgIpc) is 2.99. The third-order valence-corrected chi connectivity index (χ3v) is 2.87. The third-order valence-electron chi connectivity index (χ3n) is 2.87. The fraction of sp³-hybridized carbons (Fsp3) is 0. The van der Waals surface area contributed by atoms with Crippen LogP contribution in [0.4, 0.5) is 5.69 Å². The van der Waals surface area contributed by atoms with Gasteiger partial charge in [0.15, 0.2) is 5.82 Å². The Balaban J connectivity index is 1.79. The molecule has 0 unspecified atom stereocenters. The van der Waals surface area contributed by atoms with Crippen molar-refractivity contribution in [3.8, 4) is 11.4 Å². The number of nitrogens with one attached hydrogen (secondary N) is 1. The number of hydrogen-bond acceptors (Lipinski definition) is 5.